The lowest BCUT2D eigenvalue weighted by Crippen LogP contribution is -2.34. The molecule has 1 unspecified atom stereocenters. The Hall–Kier alpha value is -3.08. The maximum atomic E-state index is 10.3. The normalized spacial score (nSPS) is 21.3. The van der Waals surface area contributed by atoms with E-state index in [4.69, 9.17) is 39.3 Å². The maximum Gasteiger partial charge on any atom is 0.469 e. The van der Waals surface area contributed by atoms with Crippen LogP contribution in [0.2, 0.25) is 0 Å². The van der Waals surface area contributed by atoms with Crippen molar-refractivity contribution in [3.05, 3.63) is 30.4 Å². The van der Waals surface area contributed by atoms with E-state index in [2.05, 4.69) is 34.5 Å². The number of aromatic amines is 1. The van der Waals surface area contributed by atoms with Crippen molar-refractivity contribution in [2.75, 3.05) is 33.3 Å². The van der Waals surface area contributed by atoms with Crippen LogP contribution in [0.4, 0.5) is 5.82 Å². The molecule has 4 atom stereocenters. The standard InChI is InChI=1S/C15H17N5O3.C5H11O8P/c1-21-9-4-11(22-2)10(12(5-9)23-3)6-16-14-13-15(18-7-17-13)20-8-19-14;6-3-2(1-12-14(9,10)11)13-5(8)4(3)7/h4-5,7-8H,6H2,1-3H3,(H2,16,17,18,19,20);2-8H,1H2,(H2,9,10,11)/t;2-,3-,4-,5?/m.1/s1. The van der Waals surface area contributed by atoms with E-state index in [1.54, 1.807) is 27.7 Å². The highest BCUT2D eigenvalue weighted by atomic mass is 31.2. The number of aromatic nitrogens is 4. The fraction of sp³-hybridized carbons (Fsp3) is 0.450. The summed E-state index contributed by atoms with van der Waals surface area (Å²) in [6.45, 7) is -0.152. The van der Waals surface area contributed by atoms with Gasteiger partial charge in [0.25, 0.3) is 0 Å². The summed E-state index contributed by atoms with van der Waals surface area (Å²) in [5.41, 5.74) is 2.22. The summed E-state index contributed by atoms with van der Waals surface area (Å²) in [7, 11) is 0.174. The Morgan fingerprint density at radius 1 is 1.03 bits per heavy atom. The summed E-state index contributed by atoms with van der Waals surface area (Å²) in [6, 6.07) is 3.62. The number of ether oxygens (including phenoxy) is 4. The summed E-state index contributed by atoms with van der Waals surface area (Å²) in [5.74, 6) is 2.67. The van der Waals surface area contributed by atoms with E-state index in [-0.39, 0.29) is 0 Å². The minimum atomic E-state index is -4.64. The van der Waals surface area contributed by atoms with Crippen molar-refractivity contribution in [3.63, 3.8) is 0 Å². The number of fused-ring (bicyclic) bond motifs is 1. The number of hydrogen-bond donors (Lipinski definition) is 7. The summed E-state index contributed by atoms with van der Waals surface area (Å²) in [4.78, 5) is 32.1. The van der Waals surface area contributed by atoms with E-state index in [1.807, 2.05) is 12.1 Å². The highest BCUT2D eigenvalue weighted by molar-refractivity contribution is 7.46. The molecule has 1 fully saturated rings. The van der Waals surface area contributed by atoms with E-state index in [0.29, 0.717) is 35.3 Å². The lowest BCUT2D eigenvalue weighted by atomic mass is 10.1. The molecule has 1 aliphatic heterocycles. The molecule has 1 aliphatic rings. The molecule has 37 heavy (non-hydrogen) atoms. The Morgan fingerprint density at radius 3 is 2.24 bits per heavy atom. The van der Waals surface area contributed by atoms with Crippen LogP contribution in [-0.4, -0.2) is 97.6 Å². The zero-order valence-corrected chi connectivity index (χ0v) is 20.9. The van der Waals surface area contributed by atoms with E-state index in [0.717, 1.165) is 11.1 Å². The zero-order chi connectivity index (χ0) is 27.2. The number of hydrogen-bond acceptors (Lipinski definition) is 13. The quantitative estimate of drug-likeness (QED) is 0.168. The van der Waals surface area contributed by atoms with Crippen LogP contribution < -0.4 is 19.5 Å². The van der Waals surface area contributed by atoms with E-state index in [9.17, 15) is 4.57 Å². The number of aliphatic hydroxyl groups excluding tert-OH is 3. The topological polar surface area (TPSA) is 231 Å². The van der Waals surface area contributed by atoms with Gasteiger partial charge in [-0.15, -0.1) is 0 Å². The van der Waals surface area contributed by atoms with Crippen molar-refractivity contribution in [3.8, 4) is 17.2 Å². The van der Waals surface area contributed by atoms with Crippen LogP contribution in [0.5, 0.6) is 17.2 Å². The highest BCUT2D eigenvalue weighted by Crippen LogP contribution is 2.37. The van der Waals surface area contributed by atoms with Crippen molar-refractivity contribution in [1.29, 1.82) is 0 Å². The van der Waals surface area contributed by atoms with Crippen LogP contribution in [0.15, 0.2) is 24.8 Å². The van der Waals surface area contributed by atoms with Crippen molar-refractivity contribution in [1.82, 2.24) is 19.9 Å². The van der Waals surface area contributed by atoms with Gasteiger partial charge in [0.15, 0.2) is 17.8 Å². The van der Waals surface area contributed by atoms with Gasteiger partial charge in [0.05, 0.1) is 39.8 Å². The van der Waals surface area contributed by atoms with Crippen LogP contribution >= 0.6 is 7.82 Å². The van der Waals surface area contributed by atoms with E-state index in [1.165, 1.54) is 6.33 Å². The van der Waals surface area contributed by atoms with Gasteiger partial charge in [-0.1, -0.05) is 0 Å². The number of phosphoric ester groups is 1. The minimum absolute atomic E-state index is 0.460. The number of rotatable bonds is 9. The Bertz CT molecular complexity index is 1200. The van der Waals surface area contributed by atoms with Gasteiger partial charge in [0.2, 0.25) is 0 Å². The number of nitrogens with one attached hydrogen (secondary N) is 2. The first-order chi connectivity index (χ1) is 17.6. The number of anilines is 1. The predicted molar refractivity (Wildman–Crippen MR) is 126 cm³/mol. The van der Waals surface area contributed by atoms with Gasteiger partial charge >= 0.3 is 7.82 Å². The third-order valence-electron chi connectivity index (χ3n) is 5.22. The first kappa shape index (κ1) is 28.5. The molecule has 3 aromatic rings. The summed E-state index contributed by atoms with van der Waals surface area (Å²) >= 11 is 0. The number of phosphoric acid groups is 1. The molecule has 0 radical (unpaired) electrons. The Balaban J connectivity index is 0.000000233. The molecule has 0 aliphatic carbocycles. The molecule has 2 aromatic heterocycles. The molecule has 7 N–H and O–H groups in total. The summed E-state index contributed by atoms with van der Waals surface area (Å²) < 4.78 is 35.0. The second-order valence-corrected chi connectivity index (χ2v) is 8.76. The average Bonchev–Trinajstić information content (AvgIpc) is 3.46. The molecule has 0 amide bonds. The molecule has 16 nitrogen and oxygen atoms in total. The van der Waals surface area contributed by atoms with Gasteiger partial charge < -0.3 is 54.4 Å². The highest BCUT2D eigenvalue weighted by Gasteiger charge is 2.42. The maximum absolute atomic E-state index is 10.3. The third kappa shape index (κ3) is 7.24. The monoisotopic (exact) mass is 545 g/mol. The Kier molecular flexibility index (Phi) is 9.58. The Morgan fingerprint density at radius 2 is 1.70 bits per heavy atom. The van der Waals surface area contributed by atoms with Crippen molar-refractivity contribution < 1.29 is 53.1 Å². The zero-order valence-electron chi connectivity index (χ0n) is 20.0. The van der Waals surface area contributed by atoms with Gasteiger partial charge in [0, 0.05) is 18.7 Å². The molecule has 0 saturated carbocycles. The molecule has 3 heterocycles. The lowest BCUT2D eigenvalue weighted by molar-refractivity contribution is -0.132. The smallest absolute Gasteiger partial charge is 0.469 e. The molecular formula is C20H28N5O11P. The number of aliphatic hydroxyl groups is 3. The summed E-state index contributed by atoms with van der Waals surface area (Å²) in [5, 5.41) is 30.3. The molecule has 17 heteroatoms. The van der Waals surface area contributed by atoms with Crippen LogP contribution in [0.3, 0.4) is 0 Å². The van der Waals surface area contributed by atoms with Crippen LogP contribution in [-0.2, 0) is 20.4 Å². The van der Waals surface area contributed by atoms with Crippen LogP contribution in [0.1, 0.15) is 5.56 Å². The SMILES string of the molecule is COc1cc(OC)c(CNc2ncnc3nc[nH]c23)c(OC)c1.O=P(O)(O)OC[C@H]1OC(O)[C@H](O)[C@@H]1O. The lowest BCUT2D eigenvalue weighted by Gasteiger charge is -2.15. The molecule has 1 saturated heterocycles. The van der Waals surface area contributed by atoms with Gasteiger partial charge in [-0.25, -0.2) is 19.5 Å². The number of imidazole rings is 1. The summed E-state index contributed by atoms with van der Waals surface area (Å²) in [6.07, 6.45) is -2.62. The van der Waals surface area contributed by atoms with Crippen molar-refractivity contribution in [2.45, 2.75) is 31.1 Å². The third-order valence-corrected chi connectivity index (χ3v) is 5.70. The van der Waals surface area contributed by atoms with Crippen LogP contribution in [0.25, 0.3) is 11.2 Å². The number of methoxy groups -OCH3 is 3. The van der Waals surface area contributed by atoms with E-state index < -0.39 is 39.0 Å². The predicted octanol–water partition coefficient (Wildman–Crippen LogP) is -0.475. The number of H-pyrrole nitrogens is 1. The fourth-order valence-corrected chi connectivity index (χ4v) is 3.70. The largest absolute Gasteiger partial charge is 0.496 e. The Labute approximate surface area is 210 Å². The van der Waals surface area contributed by atoms with Crippen LogP contribution in [0, 0.1) is 0 Å². The van der Waals surface area contributed by atoms with Crippen molar-refractivity contribution in [2.24, 2.45) is 0 Å². The van der Waals surface area contributed by atoms with Gasteiger partial charge in [0.1, 0.15) is 47.4 Å². The average molecular weight is 545 g/mol. The molecule has 1 aromatic carbocycles. The van der Waals surface area contributed by atoms with Gasteiger partial charge in [-0.05, 0) is 0 Å². The second kappa shape index (κ2) is 12.4. The number of nitrogens with zero attached hydrogens (tertiary/aromatic N) is 3. The molecular weight excluding hydrogens is 517 g/mol. The molecule has 204 valence electrons. The minimum Gasteiger partial charge on any atom is -0.496 e. The van der Waals surface area contributed by atoms with Gasteiger partial charge in [-0.3, -0.25) is 4.52 Å². The first-order valence-corrected chi connectivity index (χ1v) is 12.2. The molecule has 0 spiro atoms. The molecule has 4 rings (SSSR count). The van der Waals surface area contributed by atoms with Gasteiger partial charge in [-0.2, -0.15) is 0 Å². The van der Waals surface area contributed by atoms with Crippen molar-refractivity contribution >= 4 is 24.8 Å². The number of benzene rings is 1. The first-order valence-electron chi connectivity index (χ1n) is 10.6. The second-order valence-electron chi connectivity index (χ2n) is 7.52. The van der Waals surface area contributed by atoms with E-state index >= 15 is 0 Å². The molecule has 0 bridgehead atoms. The fourth-order valence-electron chi connectivity index (χ4n) is 3.36.